The molecule has 0 atom stereocenters. The van der Waals surface area contributed by atoms with Crippen molar-refractivity contribution in [3.8, 4) is 0 Å². The molecule has 0 saturated carbocycles. The second-order valence-electron chi connectivity index (χ2n) is 5.26. The van der Waals surface area contributed by atoms with Gasteiger partial charge in [0.05, 0.1) is 6.61 Å². The number of aliphatic hydroxyl groups excluding tert-OH is 1. The fourth-order valence-electron chi connectivity index (χ4n) is 2.23. The molecule has 0 aliphatic rings. The van der Waals surface area contributed by atoms with Crippen LogP contribution in [-0.4, -0.2) is 35.0 Å². The summed E-state index contributed by atoms with van der Waals surface area (Å²) in [5, 5.41) is 11.7. The molecule has 2 aromatic rings. The fourth-order valence-corrected chi connectivity index (χ4v) is 2.23. The molecule has 0 aromatic heterocycles. The van der Waals surface area contributed by atoms with Gasteiger partial charge in [-0.15, -0.1) is 0 Å². The van der Waals surface area contributed by atoms with Crippen LogP contribution < -0.4 is 5.32 Å². The van der Waals surface area contributed by atoms with E-state index in [0.29, 0.717) is 5.69 Å². The number of nitrogens with one attached hydrogen (secondary N) is 1. The van der Waals surface area contributed by atoms with Gasteiger partial charge in [0.1, 0.15) is 0 Å². The molecule has 5 heteroatoms. The van der Waals surface area contributed by atoms with Crippen molar-refractivity contribution in [3.63, 3.8) is 0 Å². The van der Waals surface area contributed by atoms with Crippen LogP contribution in [0.2, 0.25) is 0 Å². The molecule has 2 aromatic carbocycles. The monoisotopic (exact) mass is 312 g/mol. The lowest BCUT2D eigenvalue weighted by atomic mass is 10.2. The van der Waals surface area contributed by atoms with Crippen molar-refractivity contribution in [2.24, 2.45) is 0 Å². The number of carbonyl (C=O) groups excluding carboxylic acids is 2. The van der Waals surface area contributed by atoms with E-state index in [2.05, 4.69) is 5.32 Å². The van der Waals surface area contributed by atoms with E-state index in [9.17, 15) is 9.59 Å². The number of anilines is 1. The van der Waals surface area contributed by atoms with E-state index in [1.54, 1.807) is 12.1 Å². The number of carbonyl (C=O) groups is 2. The van der Waals surface area contributed by atoms with Gasteiger partial charge in [0.2, 0.25) is 0 Å². The first-order valence-corrected chi connectivity index (χ1v) is 7.42. The third kappa shape index (κ3) is 4.93. The number of aliphatic hydroxyl groups is 1. The van der Waals surface area contributed by atoms with Crippen LogP contribution in [0.25, 0.3) is 0 Å². The van der Waals surface area contributed by atoms with Gasteiger partial charge < -0.3 is 15.3 Å². The lowest BCUT2D eigenvalue weighted by molar-refractivity contribution is -0.143. The fraction of sp³-hybridized carbons (Fsp3) is 0.222. The van der Waals surface area contributed by atoms with Crippen LogP contribution in [0, 0.1) is 6.92 Å². The van der Waals surface area contributed by atoms with Gasteiger partial charge >= 0.3 is 11.8 Å². The van der Waals surface area contributed by atoms with E-state index in [4.69, 9.17) is 5.11 Å². The molecule has 0 heterocycles. The first-order valence-electron chi connectivity index (χ1n) is 7.42. The SMILES string of the molecule is Cc1cccc(NC(=O)C(=O)N(CCO)Cc2ccccc2)c1. The molecule has 0 saturated heterocycles. The zero-order valence-electron chi connectivity index (χ0n) is 13.0. The van der Waals surface area contributed by atoms with Crippen LogP contribution in [0.1, 0.15) is 11.1 Å². The molecule has 5 nitrogen and oxygen atoms in total. The molecule has 0 unspecified atom stereocenters. The number of benzene rings is 2. The molecule has 120 valence electrons. The second-order valence-corrected chi connectivity index (χ2v) is 5.26. The first kappa shape index (κ1) is 16.7. The molecular formula is C18H20N2O3. The van der Waals surface area contributed by atoms with E-state index in [1.807, 2.05) is 49.4 Å². The smallest absolute Gasteiger partial charge is 0.313 e. The van der Waals surface area contributed by atoms with Gasteiger partial charge in [-0.3, -0.25) is 9.59 Å². The zero-order chi connectivity index (χ0) is 16.7. The van der Waals surface area contributed by atoms with Gasteiger partial charge in [0, 0.05) is 18.8 Å². The normalized spacial score (nSPS) is 10.2. The maximum Gasteiger partial charge on any atom is 0.313 e. The molecule has 0 aliphatic carbocycles. The van der Waals surface area contributed by atoms with Crippen molar-refractivity contribution < 1.29 is 14.7 Å². The summed E-state index contributed by atoms with van der Waals surface area (Å²) in [5.74, 6) is -1.37. The van der Waals surface area contributed by atoms with Crippen LogP contribution in [0.15, 0.2) is 54.6 Å². The van der Waals surface area contributed by atoms with E-state index in [1.165, 1.54) is 4.90 Å². The quantitative estimate of drug-likeness (QED) is 0.829. The molecule has 0 spiro atoms. The van der Waals surface area contributed by atoms with Gasteiger partial charge in [0.15, 0.2) is 0 Å². The Bertz CT molecular complexity index is 671. The Labute approximate surface area is 135 Å². The van der Waals surface area contributed by atoms with Crippen LogP contribution in [0.3, 0.4) is 0 Å². The lowest BCUT2D eigenvalue weighted by Gasteiger charge is -2.21. The summed E-state index contributed by atoms with van der Waals surface area (Å²) in [5.41, 5.74) is 2.47. The Hall–Kier alpha value is -2.66. The summed E-state index contributed by atoms with van der Waals surface area (Å²) in [4.78, 5) is 25.8. The largest absolute Gasteiger partial charge is 0.395 e. The average molecular weight is 312 g/mol. The van der Waals surface area contributed by atoms with Gasteiger partial charge in [-0.1, -0.05) is 42.5 Å². The minimum atomic E-state index is -0.708. The third-order valence-corrected chi connectivity index (χ3v) is 3.34. The van der Waals surface area contributed by atoms with Gasteiger partial charge in [-0.25, -0.2) is 0 Å². The number of nitrogens with zero attached hydrogens (tertiary/aromatic N) is 1. The average Bonchev–Trinajstić information content (AvgIpc) is 2.55. The van der Waals surface area contributed by atoms with Crippen LogP contribution in [0.4, 0.5) is 5.69 Å². The number of hydrogen-bond acceptors (Lipinski definition) is 3. The summed E-state index contributed by atoms with van der Waals surface area (Å²) in [6, 6.07) is 16.6. The predicted molar refractivity (Wildman–Crippen MR) is 88.8 cm³/mol. The molecule has 0 aliphatic heterocycles. The van der Waals surface area contributed by atoms with Crippen LogP contribution in [0.5, 0.6) is 0 Å². The highest BCUT2D eigenvalue weighted by Gasteiger charge is 2.21. The highest BCUT2D eigenvalue weighted by Crippen LogP contribution is 2.10. The highest BCUT2D eigenvalue weighted by atomic mass is 16.3. The van der Waals surface area contributed by atoms with E-state index in [-0.39, 0.29) is 19.7 Å². The summed E-state index contributed by atoms with van der Waals surface area (Å²) in [6.45, 7) is 2.09. The van der Waals surface area contributed by atoms with Crippen molar-refractivity contribution in [1.82, 2.24) is 4.90 Å². The molecule has 2 amide bonds. The Morgan fingerprint density at radius 3 is 2.48 bits per heavy atom. The highest BCUT2D eigenvalue weighted by molar-refractivity contribution is 6.39. The van der Waals surface area contributed by atoms with E-state index < -0.39 is 11.8 Å². The number of aryl methyl sites for hydroxylation is 1. The molecule has 0 bridgehead atoms. The Morgan fingerprint density at radius 2 is 1.83 bits per heavy atom. The van der Waals surface area contributed by atoms with Crippen molar-refractivity contribution in [2.75, 3.05) is 18.5 Å². The molecule has 2 rings (SSSR count). The molecular weight excluding hydrogens is 292 g/mol. The van der Waals surface area contributed by atoms with Gasteiger partial charge in [-0.2, -0.15) is 0 Å². The summed E-state index contributed by atoms with van der Waals surface area (Å²) >= 11 is 0. The number of rotatable bonds is 5. The maximum absolute atomic E-state index is 12.3. The second kappa shape index (κ2) is 8.10. The summed E-state index contributed by atoms with van der Waals surface area (Å²) < 4.78 is 0. The van der Waals surface area contributed by atoms with Gasteiger partial charge in [0.25, 0.3) is 0 Å². The Morgan fingerprint density at radius 1 is 1.09 bits per heavy atom. The minimum Gasteiger partial charge on any atom is -0.395 e. The third-order valence-electron chi connectivity index (χ3n) is 3.34. The van der Waals surface area contributed by atoms with Gasteiger partial charge in [-0.05, 0) is 30.2 Å². The van der Waals surface area contributed by atoms with E-state index in [0.717, 1.165) is 11.1 Å². The topological polar surface area (TPSA) is 69.6 Å². The summed E-state index contributed by atoms with van der Waals surface area (Å²) in [7, 11) is 0. The van der Waals surface area contributed by atoms with Crippen molar-refractivity contribution in [2.45, 2.75) is 13.5 Å². The maximum atomic E-state index is 12.3. The lowest BCUT2D eigenvalue weighted by Crippen LogP contribution is -2.40. The minimum absolute atomic E-state index is 0.106. The molecule has 0 radical (unpaired) electrons. The van der Waals surface area contributed by atoms with Crippen molar-refractivity contribution in [1.29, 1.82) is 0 Å². The molecule has 0 fully saturated rings. The van der Waals surface area contributed by atoms with Crippen LogP contribution in [-0.2, 0) is 16.1 Å². The molecule has 23 heavy (non-hydrogen) atoms. The first-order chi connectivity index (χ1) is 11.1. The standard InChI is InChI=1S/C18H20N2O3/c1-14-6-5-9-16(12-14)19-17(22)18(23)20(10-11-21)13-15-7-3-2-4-8-15/h2-9,12,21H,10-11,13H2,1H3,(H,19,22). The van der Waals surface area contributed by atoms with Crippen molar-refractivity contribution in [3.05, 3.63) is 65.7 Å². The van der Waals surface area contributed by atoms with Crippen molar-refractivity contribution >= 4 is 17.5 Å². The number of amides is 2. The predicted octanol–water partition coefficient (Wildman–Crippen LogP) is 1.95. The molecule has 2 N–H and O–H groups in total. The zero-order valence-corrected chi connectivity index (χ0v) is 13.0. The Balaban J connectivity index is 2.06. The van der Waals surface area contributed by atoms with E-state index >= 15 is 0 Å². The number of hydrogen-bond donors (Lipinski definition) is 2. The summed E-state index contributed by atoms with van der Waals surface area (Å²) in [6.07, 6.45) is 0. The van der Waals surface area contributed by atoms with Crippen LogP contribution >= 0.6 is 0 Å². The Kier molecular flexibility index (Phi) is 5.88.